The average molecular weight is 204 g/mol. The second kappa shape index (κ2) is 5.03. The van der Waals surface area contributed by atoms with Crippen LogP contribution >= 0.6 is 0 Å². The SMILES string of the molecule is C=C/C(=C\C(=C/C)C(F)(F)F)C(C)C. The lowest BCUT2D eigenvalue weighted by molar-refractivity contribution is -0.0883. The summed E-state index contributed by atoms with van der Waals surface area (Å²) in [5.41, 5.74) is -0.0310. The molecule has 0 bridgehead atoms. The fourth-order valence-electron chi connectivity index (χ4n) is 0.970. The van der Waals surface area contributed by atoms with Crippen LogP contribution in [0.3, 0.4) is 0 Å². The zero-order valence-corrected chi connectivity index (χ0v) is 8.65. The Morgan fingerprint density at radius 2 is 1.79 bits per heavy atom. The Bertz CT molecular complexity index is 254. The number of hydrogen-bond donors (Lipinski definition) is 0. The number of halogens is 3. The van der Waals surface area contributed by atoms with Crippen LogP contribution in [0.2, 0.25) is 0 Å². The molecule has 0 aromatic heterocycles. The Kier molecular flexibility index (Phi) is 4.68. The lowest BCUT2D eigenvalue weighted by Crippen LogP contribution is -2.10. The number of hydrogen-bond acceptors (Lipinski definition) is 0. The molecule has 0 N–H and O–H groups in total. The zero-order valence-electron chi connectivity index (χ0n) is 8.65. The molecule has 0 aliphatic carbocycles. The molecule has 0 aliphatic rings. The first-order chi connectivity index (χ1) is 6.32. The third kappa shape index (κ3) is 3.81. The van der Waals surface area contributed by atoms with Gasteiger partial charge >= 0.3 is 6.18 Å². The van der Waals surface area contributed by atoms with E-state index in [0.717, 1.165) is 12.2 Å². The van der Waals surface area contributed by atoms with Crippen molar-refractivity contribution >= 4 is 0 Å². The van der Waals surface area contributed by atoms with Crippen LogP contribution in [-0.2, 0) is 0 Å². The molecular weight excluding hydrogens is 189 g/mol. The maximum absolute atomic E-state index is 12.3. The van der Waals surface area contributed by atoms with Crippen molar-refractivity contribution < 1.29 is 13.2 Å². The number of rotatable bonds is 3. The van der Waals surface area contributed by atoms with Gasteiger partial charge in [-0.1, -0.05) is 32.6 Å². The Morgan fingerprint density at radius 1 is 1.29 bits per heavy atom. The molecule has 3 heteroatoms. The average Bonchev–Trinajstić information content (AvgIpc) is 2.03. The van der Waals surface area contributed by atoms with Gasteiger partial charge in [-0.3, -0.25) is 0 Å². The predicted octanol–water partition coefficient (Wildman–Crippen LogP) is 4.26. The molecular formula is C11H15F3. The number of allylic oxidation sites excluding steroid dienone is 5. The minimum Gasteiger partial charge on any atom is -0.166 e. The third-order valence-corrected chi connectivity index (χ3v) is 1.86. The van der Waals surface area contributed by atoms with Crippen molar-refractivity contribution in [3.63, 3.8) is 0 Å². The van der Waals surface area contributed by atoms with E-state index in [0.29, 0.717) is 5.57 Å². The summed E-state index contributed by atoms with van der Waals surface area (Å²) >= 11 is 0. The monoisotopic (exact) mass is 204 g/mol. The van der Waals surface area contributed by atoms with Crippen LogP contribution in [-0.4, -0.2) is 6.18 Å². The molecule has 0 aromatic carbocycles. The molecule has 14 heavy (non-hydrogen) atoms. The van der Waals surface area contributed by atoms with Gasteiger partial charge in [0.15, 0.2) is 0 Å². The first kappa shape index (κ1) is 13.0. The lowest BCUT2D eigenvalue weighted by atomic mass is 10.0. The Balaban J connectivity index is 5.02. The van der Waals surface area contributed by atoms with Crippen molar-refractivity contribution in [1.29, 1.82) is 0 Å². The molecule has 0 saturated carbocycles. The summed E-state index contributed by atoms with van der Waals surface area (Å²) in [6, 6.07) is 0. The fourth-order valence-corrected chi connectivity index (χ4v) is 0.970. The molecule has 0 heterocycles. The highest BCUT2D eigenvalue weighted by atomic mass is 19.4. The van der Waals surface area contributed by atoms with E-state index in [1.54, 1.807) is 0 Å². The molecule has 0 atom stereocenters. The van der Waals surface area contributed by atoms with E-state index in [9.17, 15) is 13.2 Å². The smallest absolute Gasteiger partial charge is 0.166 e. The van der Waals surface area contributed by atoms with E-state index in [1.807, 2.05) is 13.8 Å². The van der Waals surface area contributed by atoms with E-state index >= 15 is 0 Å². The van der Waals surface area contributed by atoms with Gasteiger partial charge in [-0.05, 0) is 24.5 Å². The van der Waals surface area contributed by atoms with Crippen molar-refractivity contribution in [2.45, 2.75) is 26.9 Å². The van der Waals surface area contributed by atoms with E-state index in [2.05, 4.69) is 6.58 Å². The van der Waals surface area contributed by atoms with Crippen LogP contribution in [0.15, 0.2) is 36.0 Å². The topological polar surface area (TPSA) is 0 Å². The maximum Gasteiger partial charge on any atom is 0.416 e. The lowest BCUT2D eigenvalue weighted by Gasteiger charge is -2.11. The summed E-state index contributed by atoms with van der Waals surface area (Å²) in [6.45, 7) is 8.53. The van der Waals surface area contributed by atoms with Crippen molar-refractivity contribution in [3.8, 4) is 0 Å². The first-order valence-electron chi connectivity index (χ1n) is 4.40. The molecule has 0 saturated heterocycles. The van der Waals surface area contributed by atoms with Gasteiger partial charge in [0.2, 0.25) is 0 Å². The highest BCUT2D eigenvalue weighted by Gasteiger charge is 2.31. The third-order valence-electron chi connectivity index (χ3n) is 1.86. The highest BCUT2D eigenvalue weighted by Crippen LogP contribution is 2.28. The van der Waals surface area contributed by atoms with Gasteiger partial charge in [0.1, 0.15) is 0 Å². The highest BCUT2D eigenvalue weighted by molar-refractivity contribution is 5.32. The van der Waals surface area contributed by atoms with E-state index in [4.69, 9.17) is 0 Å². The Morgan fingerprint density at radius 3 is 2.00 bits per heavy atom. The molecule has 0 aromatic rings. The van der Waals surface area contributed by atoms with Gasteiger partial charge in [-0.25, -0.2) is 0 Å². The van der Waals surface area contributed by atoms with Gasteiger partial charge in [0, 0.05) is 0 Å². The van der Waals surface area contributed by atoms with Gasteiger partial charge < -0.3 is 0 Å². The van der Waals surface area contributed by atoms with Crippen LogP contribution in [0.5, 0.6) is 0 Å². The zero-order chi connectivity index (χ0) is 11.4. The molecule has 0 aliphatic heterocycles. The van der Waals surface area contributed by atoms with Gasteiger partial charge in [0.05, 0.1) is 5.57 Å². The van der Waals surface area contributed by atoms with Gasteiger partial charge in [-0.2, -0.15) is 13.2 Å². The maximum atomic E-state index is 12.3. The van der Waals surface area contributed by atoms with E-state index in [1.165, 1.54) is 13.0 Å². The van der Waals surface area contributed by atoms with Crippen LogP contribution in [0.4, 0.5) is 13.2 Å². The molecule has 0 nitrogen and oxygen atoms in total. The normalized spacial score (nSPS) is 14.8. The van der Waals surface area contributed by atoms with E-state index < -0.39 is 11.7 Å². The summed E-state index contributed by atoms with van der Waals surface area (Å²) in [5.74, 6) is 0.0461. The minimum atomic E-state index is -4.28. The van der Waals surface area contributed by atoms with Crippen LogP contribution in [0.25, 0.3) is 0 Å². The molecule has 80 valence electrons. The Hall–Kier alpha value is -0.990. The van der Waals surface area contributed by atoms with E-state index in [-0.39, 0.29) is 5.92 Å². The summed E-state index contributed by atoms with van der Waals surface area (Å²) < 4.78 is 37.0. The van der Waals surface area contributed by atoms with Crippen LogP contribution in [0, 0.1) is 5.92 Å². The Labute approximate surface area is 82.8 Å². The van der Waals surface area contributed by atoms with Crippen molar-refractivity contribution in [1.82, 2.24) is 0 Å². The first-order valence-corrected chi connectivity index (χ1v) is 4.40. The molecule has 0 fully saturated rings. The van der Waals surface area contributed by atoms with Gasteiger partial charge in [0.25, 0.3) is 0 Å². The summed E-state index contributed by atoms with van der Waals surface area (Å²) in [4.78, 5) is 0. The molecule has 0 radical (unpaired) electrons. The summed E-state index contributed by atoms with van der Waals surface area (Å²) in [7, 11) is 0. The molecule has 0 spiro atoms. The van der Waals surface area contributed by atoms with Gasteiger partial charge in [-0.15, -0.1) is 0 Å². The molecule has 0 amide bonds. The standard InChI is InChI=1S/C11H15F3/c1-5-9(8(3)4)7-10(6-2)11(12,13)14/h5-8H,1H2,2-4H3/b9-7+,10-6+. The second-order valence-electron chi connectivity index (χ2n) is 3.24. The van der Waals surface area contributed by atoms with Crippen molar-refractivity contribution in [2.75, 3.05) is 0 Å². The minimum absolute atomic E-state index is 0.0461. The quantitative estimate of drug-likeness (QED) is 0.602. The largest absolute Gasteiger partial charge is 0.416 e. The second-order valence-corrected chi connectivity index (χ2v) is 3.24. The summed E-state index contributed by atoms with van der Waals surface area (Å²) in [5, 5.41) is 0. The predicted molar refractivity (Wildman–Crippen MR) is 52.9 cm³/mol. The molecule has 0 unspecified atom stereocenters. The van der Waals surface area contributed by atoms with Crippen LogP contribution < -0.4 is 0 Å². The summed E-state index contributed by atoms with van der Waals surface area (Å²) in [6.07, 6.45) is -0.624. The van der Waals surface area contributed by atoms with Crippen molar-refractivity contribution in [2.24, 2.45) is 5.92 Å². The van der Waals surface area contributed by atoms with Crippen LogP contribution in [0.1, 0.15) is 20.8 Å². The number of alkyl halides is 3. The van der Waals surface area contributed by atoms with Crippen molar-refractivity contribution in [3.05, 3.63) is 36.0 Å². The molecule has 0 rings (SSSR count). The fraction of sp³-hybridized carbons (Fsp3) is 0.455.